The predicted molar refractivity (Wildman–Crippen MR) is 86.7 cm³/mol. The third-order valence-electron chi connectivity index (χ3n) is 5.14. The van der Waals surface area contributed by atoms with E-state index < -0.39 is 0 Å². The number of nitrogens with one attached hydrogen (secondary N) is 1. The first kappa shape index (κ1) is 15.1. The zero-order valence-electron chi connectivity index (χ0n) is 12.7. The Labute approximate surface area is 131 Å². The number of nitrogens with zero attached hydrogens (tertiary/aromatic N) is 1. The van der Waals surface area contributed by atoms with Crippen molar-refractivity contribution in [3.05, 3.63) is 29.0 Å². The Balaban J connectivity index is 1.86. The zero-order valence-corrected chi connectivity index (χ0v) is 13.4. The van der Waals surface area contributed by atoms with Gasteiger partial charge < -0.3 is 10.2 Å². The van der Waals surface area contributed by atoms with Gasteiger partial charge in [-0.25, -0.2) is 4.39 Å². The lowest BCUT2D eigenvalue weighted by Gasteiger charge is -2.50. The van der Waals surface area contributed by atoms with Crippen molar-refractivity contribution in [2.24, 2.45) is 0 Å². The molecule has 1 N–H and O–H groups in total. The fourth-order valence-corrected chi connectivity index (χ4v) is 3.97. The molecule has 1 spiro atoms. The van der Waals surface area contributed by atoms with Crippen molar-refractivity contribution in [1.82, 2.24) is 5.32 Å². The van der Waals surface area contributed by atoms with E-state index in [1.165, 1.54) is 32.1 Å². The summed E-state index contributed by atoms with van der Waals surface area (Å²) in [6.45, 7) is 4.16. The van der Waals surface area contributed by atoms with Crippen LogP contribution in [0.5, 0.6) is 0 Å². The highest BCUT2D eigenvalue weighted by molar-refractivity contribution is 6.30. The van der Waals surface area contributed by atoms with Crippen LogP contribution < -0.4 is 10.2 Å². The van der Waals surface area contributed by atoms with Crippen LogP contribution >= 0.6 is 11.6 Å². The van der Waals surface area contributed by atoms with Crippen molar-refractivity contribution < 1.29 is 4.39 Å². The molecule has 0 amide bonds. The maximum atomic E-state index is 13.8. The molecule has 0 radical (unpaired) electrons. The minimum Gasteiger partial charge on any atom is -0.365 e. The maximum absolute atomic E-state index is 13.8. The summed E-state index contributed by atoms with van der Waals surface area (Å²) >= 11 is 5.83. The molecule has 1 aromatic rings. The molecule has 1 unspecified atom stereocenters. The second-order valence-corrected chi connectivity index (χ2v) is 6.92. The largest absolute Gasteiger partial charge is 0.365 e. The fraction of sp³-hybridized carbons (Fsp3) is 0.647. The van der Waals surface area contributed by atoms with Gasteiger partial charge in [0.05, 0.1) is 5.02 Å². The summed E-state index contributed by atoms with van der Waals surface area (Å²) in [4.78, 5) is 2.39. The Hall–Kier alpha value is -0.800. The first-order valence-electron chi connectivity index (χ1n) is 8.10. The standard InChI is InChI=1S/C17H24ClFN2/c1-2-13-11-20-17(8-4-3-5-9-17)12-21(13)14-6-7-15(18)16(19)10-14/h6-7,10,13,20H,2-5,8-9,11-12H2,1H3. The smallest absolute Gasteiger partial charge is 0.143 e. The zero-order chi connectivity index (χ0) is 14.9. The van der Waals surface area contributed by atoms with E-state index in [-0.39, 0.29) is 16.4 Å². The molecule has 21 heavy (non-hydrogen) atoms. The van der Waals surface area contributed by atoms with E-state index in [1.54, 1.807) is 12.1 Å². The molecule has 2 aliphatic rings. The Kier molecular flexibility index (Phi) is 4.41. The van der Waals surface area contributed by atoms with Gasteiger partial charge in [0.15, 0.2) is 0 Å². The first-order chi connectivity index (χ1) is 10.1. The Morgan fingerprint density at radius 3 is 2.76 bits per heavy atom. The average Bonchev–Trinajstić information content (AvgIpc) is 2.51. The van der Waals surface area contributed by atoms with Crippen molar-refractivity contribution in [3.8, 4) is 0 Å². The van der Waals surface area contributed by atoms with Crippen molar-refractivity contribution in [3.63, 3.8) is 0 Å². The summed E-state index contributed by atoms with van der Waals surface area (Å²) < 4.78 is 13.8. The molecule has 2 nitrogen and oxygen atoms in total. The van der Waals surface area contributed by atoms with Crippen LogP contribution in [0.3, 0.4) is 0 Å². The summed E-state index contributed by atoms with van der Waals surface area (Å²) in [6.07, 6.45) is 7.47. The number of hydrogen-bond donors (Lipinski definition) is 1. The summed E-state index contributed by atoms with van der Waals surface area (Å²) in [5, 5.41) is 4.00. The summed E-state index contributed by atoms with van der Waals surface area (Å²) in [7, 11) is 0. The van der Waals surface area contributed by atoms with Crippen LogP contribution in [0.1, 0.15) is 45.4 Å². The molecule has 4 heteroatoms. The van der Waals surface area contributed by atoms with Gasteiger partial charge in [-0.1, -0.05) is 37.8 Å². The minimum atomic E-state index is -0.319. The summed E-state index contributed by atoms with van der Waals surface area (Å²) in [6, 6.07) is 5.65. The number of anilines is 1. The van der Waals surface area contributed by atoms with E-state index in [4.69, 9.17) is 11.6 Å². The quantitative estimate of drug-likeness (QED) is 0.872. The topological polar surface area (TPSA) is 15.3 Å². The average molecular weight is 311 g/mol. The molecule has 2 fully saturated rings. The van der Waals surface area contributed by atoms with Crippen LogP contribution in [0.4, 0.5) is 10.1 Å². The van der Waals surface area contributed by atoms with Gasteiger partial charge in [0.25, 0.3) is 0 Å². The Bertz CT molecular complexity index is 500. The van der Waals surface area contributed by atoms with E-state index in [0.717, 1.165) is 25.2 Å². The van der Waals surface area contributed by atoms with Gasteiger partial charge in [-0.2, -0.15) is 0 Å². The third-order valence-corrected chi connectivity index (χ3v) is 5.45. The molecule has 1 saturated heterocycles. The van der Waals surface area contributed by atoms with Crippen LogP contribution in [0.2, 0.25) is 5.02 Å². The molecule has 1 aromatic carbocycles. The van der Waals surface area contributed by atoms with Gasteiger partial charge in [0, 0.05) is 30.4 Å². The molecule has 1 aliphatic carbocycles. The summed E-state index contributed by atoms with van der Waals surface area (Å²) in [5.74, 6) is -0.319. The van der Waals surface area contributed by atoms with Gasteiger partial charge in [-0.05, 0) is 37.5 Å². The van der Waals surface area contributed by atoms with Crippen LogP contribution in [0, 0.1) is 5.82 Å². The normalized spacial score (nSPS) is 25.3. The molecule has 1 atom stereocenters. The molecule has 116 valence electrons. The van der Waals surface area contributed by atoms with E-state index in [9.17, 15) is 4.39 Å². The Morgan fingerprint density at radius 1 is 1.33 bits per heavy atom. The molecular weight excluding hydrogens is 287 g/mol. The van der Waals surface area contributed by atoms with Crippen LogP contribution in [0.15, 0.2) is 18.2 Å². The SMILES string of the molecule is CCC1CNC2(CCCCC2)CN1c1ccc(Cl)c(F)c1. The molecule has 1 aliphatic heterocycles. The lowest BCUT2D eigenvalue weighted by Crippen LogP contribution is -2.65. The minimum absolute atomic E-state index is 0.203. The second kappa shape index (κ2) is 6.13. The summed E-state index contributed by atoms with van der Waals surface area (Å²) in [5.41, 5.74) is 1.19. The Morgan fingerprint density at radius 2 is 2.10 bits per heavy atom. The fourth-order valence-electron chi connectivity index (χ4n) is 3.85. The van der Waals surface area contributed by atoms with Crippen LogP contribution in [-0.2, 0) is 0 Å². The van der Waals surface area contributed by atoms with Gasteiger partial charge in [0.2, 0.25) is 0 Å². The van der Waals surface area contributed by atoms with Crippen LogP contribution in [-0.4, -0.2) is 24.7 Å². The number of hydrogen-bond acceptors (Lipinski definition) is 2. The van der Waals surface area contributed by atoms with Gasteiger partial charge in [-0.3, -0.25) is 0 Å². The monoisotopic (exact) mass is 310 g/mol. The van der Waals surface area contributed by atoms with Gasteiger partial charge in [-0.15, -0.1) is 0 Å². The number of rotatable bonds is 2. The lowest BCUT2D eigenvalue weighted by atomic mass is 9.79. The molecule has 1 saturated carbocycles. The highest BCUT2D eigenvalue weighted by Crippen LogP contribution is 2.35. The molecular formula is C17H24ClFN2. The van der Waals surface area contributed by atoms with Crippen molar-refractivity contribution in [1.29, 1.82) is 0 Å². The molecule has 0 bridgehead atoms. The van der Waals surface area contributed by atoms with Crippen molar-refractivity contribution in [2.75, 3.05) is 18.0 Å². The molecule has 0 aromatic heterocycles. The van der Waals surface area contributed by atoms with Gasteiger partial charge in [0.1, 0.15) is 5.82 Å². The number of halogens is 2. The van der Waals surface area contributed by atoms with Gasteiger partial charge >= 0.3 is 0 Å². The number of benzene rings is 1. The third kappa shape index (κ3) is 3.04. The predicted octanol–water partition coefficient (Wildman–Crippen LogP) is 4.37. The van der Waals surface area contributed by atoms with Crippen molar-refractivity contribution >= 4 is 17.3 Å². The molecule has 1 heterocycles. The number of piperazine rings is 1. The highest BCUT2D eigenvalue weighted by Gasteiger charge is 2.39. The first-order valence-corrected chi connectivity index (χ1v) is 8.48. The molecule has 3 rings (SSSR count). The van der Waals surface area contributed by atoms with Crippen molar-refractivity contribution in [2.45, 2.75) is 57.0 Å². The highest BCUT2D eigenvalue weighted by atomic mass is 35.5. The lowest BCUT2D eigenvalue weighted by molar-refractivity contribution is 0.196. The van der Waals surface area contributed by atoms with E-state index in [2.05, 4.69) is 17.1 Å². The van der Waals surface area contributed by atoms with E-state index >= 15 is 0 Å². The second-order valence-electron chi connectivity index (χ2n) is 6.51. The van der Waals surface area contributed by atoms with E-state index in [0.29, 0.717) is 6.04 Å². The van der Waals surface area contributed by atoms with E-state index in [1.807, 2.05) is 6.07 Å². The van der Waals surface area contributed by atoms with Crippen LogP contribution in [0.25, 0.3) is 0 Å². The maximum Gasteiger partial charge on any atom is 0.143 e.